The molecule has 0 saturated heterocycles. The highest BCUT2D eigenvalue weighted by molar-refractivity contribution is 7.25. The summed E-state index contributed by atoms with van der Waals surface area (Å²) in [6.45, 7) is 4.91. The van der Waals surface area contributed by atoms with Crippen molar-refractivity contribution in [3.05, 3.63) is 151 Å². The fourth-order valence-corrected chi connectivity index (χ4v) is 11.4. The highest BCUT2D eigenvalue weighted by atomic mass is 32.1. The lowest BCUT2D eigenvalue weighted by molar-refractivity contribution is 0.0780. The smallest absolute Gasteiger partial charge is 0.164 e. The van der Waals surface area contributed by atoms with Crippen molar-refractivity contribution in [2.45, 2.75) is 51.4 Å². The zero-order valence-electron chi connectivity index (χ0n) is 31.7. The molecule has 5 heteroatoms. The summed E-state index contributed by atoms with van der Waals surface area (Å²) in [7, 11) is 0. The normalized spacial score (nSPS) is 20.6. The molecule has 2 heterocycles. The van der Waals surface area contributed by atoms with Crippen LogP contribution in [0.4, 0.5) is 0 Å². The molecule has 2 bridgehead atoms. The molecule has 0 N–H and O–H groups in total. The second-order valence-corrected chi connectivity index (χ2v) is 17.5. The van der Waals surface area contributed by atoms with Gasteiger partial charge in [-0.3, -0.25) is 0 Å². The van der Waals surface area contributed by atoms with E-state index in [-0.39, 0.29) is 5.41 Å². The molecule has 4 atom stereocenters. The maximum absolute atomic E-state index is 9.46. The summed E-state index contributed by atoms with van der Waals surface area (Å²) in [6.07, 6.45) is 6.60. The van der Waals surface area contributed by atoms with E-state index < -0.39 is 0 Å². The molecule has 8 aromatic rings. The quantitative estimate of drug-likeness (QED) is 0.170. The Morgan fingerprint density at radius 1 is 0.536 bits per heavy atom. The highest BCUT2D eigenvalue weighted by Gasteiger charge is 2.45. The van der Waals surface area contributed by atoms with Crippen LogP contribution in [0.15, 0.2) is 140 Å². The zero-order valence-corrected chi connectivity index (χ0v) is 32.6. The van der Waals surface area contributed by atoms with Crippen LogP contribution in [0.3, 0.4) is 0 Å². The lowest BCUT2D eigenvalue weighted by Crippen LogP contribution is -2.42. The maximum Gasteiger partial charge on any atom is 0.164 e. The van der Waals surface area contributed by atoms with Crippen LogP contribution in [0.2, 0.25) is 0 Å². The second-order valence-electron chi connectivity index (χ2n) is 16.5. The minimum Gasteiger partial charge on any atom is -0.208 e. The SMILES string of the molecule is C[C@@H]1CC2C[C@H](C)CC(c3ccc(-c4nc(-c5cccc(-c6ccc7c(c6)sc6cc(C#N)ccc67)c5)nc(-c5ccccc5-c5ccccc5)n4)cc3)(C2)C1. The van der Waals surface area contributed by atoms with E-state index >= 15 is 0 Å². The molecule has 10 rings (SSSR count). The molecule has 2 aliphatic carbocycles. The Bertz CT molecular complexity index is 2780. The number of hydrogen-bond donors (Lipinski definition) is 0. The number of nitrogens with zero attached hydrogens (tertiary/aromatic N) is 4. The first-order chi connectivity index (χ1) is 27.4. The molecule has 2 aliphatic rings. The molecule has 2 aromatic heterocycles. The molecule has 0 spiro atoms. The van der Waals surface area contributed by atoms with E-state index in [9.17, 15) is 5.26 Å². The number of hydrogen-bond acceptors (Lipinski definition) is 5. The van der Waals surface area contributed by atoms with Crippen LogP contribution in [0, 0.1) is 29.1 Å². The maximum atomic E-state index is 9.46. The van der Waals surface area contributed by atoms with E-state index in [0.29, 0.717) is 23.0 Å². The molecule has 2 saturated carbocycles. The standard InChI is InChI=1S/C51H42N4S/c1-32-23-35-24-33(2)29-51(28-32,30-35)41-19-16-37(17-20-41)48-53-49(55-50(54-48)45-14-7-6-13-42(45)36-9-4-3-5-10-36)40-12-8-11-38(26-40)39-18-22-44-43-21-15-34(31-52)25-46(43)56-47(44)27-39/h3-22,25-27,32-33,35H,23-24,28-30H2,1-2H3/t32-,33+,35?,51?. The van der Waals surface area contributed by atoms with Gasteiger partial charge in [0, 0.05) is 36.9 Å². The fraction of sp³-hybridized carbons (Fsp3) is 0.216. The van der Waals surface area contributed by atoms with Crippen LogP contribution in [-0.4, -0.2) is 15.0 Å². The van der Waals surface area contributed by atoms with Gasteiger partial charge in [0.2, 0.25) is 0 Å². The summed E-state index contributed by atoms with van der Waals surface area (Å²) in [4.78, 5) is 15.6. The molecule has 4 nitrogen and oxygen atoms in total. The first-order valence-corrected chi connectivity index (χ1v) is 20.7. The lowest BCUT2D eigenvalue weighted by Gasteiger charge is -2.50. The number of rotatable bonds is 6. The monoisotopic (exact) mass is 742 g/mol. The highest BCUT2D eigenvalue weighted by Crippen LogP contribution is 2.54. The predicted octanol–water partition coefficient (Wildman–Crippen LogP) is 13.6. The van der Waals surface area contributed by atoms with Gasteiger partial charge in [-0.2, -0.15) is 5.26 Å². The summed E-state index contributed by atoms with van der Waals surface area (Å²) in [5, 5.41) is 11.9. The zero-order chi connectivity index (χ0) is 37.8. The Morgan fingerprint density at radius 3 is 1.88 bits per heavy atom. The Kier molecular flexibility index (Phi) is 8.61. The van der Waals surface area contributed by atoms with Gasteiger partial charge < -0.3 is 0 Å². The van der Waals surface area contributed by atoms with Crippen molar-refractivity contribution < 1.29 is 0 Å². The average molecular weight is 743 g/mol. The van der Waals surface area contributed by atoms with Crippen LogP contribution in [0.25, 0.3) is 76.6 Å². The number of fused-ring (bicyclic) bond motifs is 5. The molecule has 0 amide bonds. The second kappa shape index (κ2) is 14.0. The van der Waals surface area contributed by atoms with Crippen LogP contribution < -0.4 is 0 Å². The molecule has 56 heavy (non-hydrogen) atoms. The molecule has 2 unspecified atom stereocenters. The summed E-state index contributed by atoms with van der Waals surface area (Å²) < 4.78 is 2.33. The van der Waals surface area contributed by atoms with Crippen LogP contribution >= 0.6 is 11.3 Å². The Hall–Kier alpha value is -5.96. The van der Waals surface area contributed by atoms with Crippen molar-refractivity contribution in [1.82, 2.24) is 15.0 Å². The minimum atomic E-state index is 0.265. The topological polar surface area (TPSA) is 62.5 Å². The van der Waals surface area contributed by atoms with Gasteiger partial charge in [0.1, 0.15) is 0 Å². The van der Waals surface area contributed by atoms with E-state index in [1.54, 1.807) is 11.3 Å². The molecular formula is C51H42N4S. The summed E-state index contributed by atoms with van der Waals surface area (Å²) in [5.41, 5.74) is 9.78. The van der Waals surface area contributed by atoms with Crippen LogP contribution in [0.5, 0.6) is 0 Å². The van der Waals surface area contributed by atoms with Gasteiger partial charge in [0.05, 0.1) is 11.6 Å². The van der Waals surface area contributed by atoms with Crippen LogP contribution in [-0.2, 0) is 5.41 Å². The van der Waals surface area contributed by atoms with Crippen molar-refractivity contribution in [1.29, 1.82) is 5.26 Å². The number of benzene rings is 6. The van der Waals surface area contributed by atoms with Crippen molar-refractivity contribution in [3.63, 3.8) is 0 Å². The lowest BCUT2D eigenvalue weighted by atomic mass is 9.54. The first-order valence-electron chi connectivity index (χ1n) is 19.9. The van der Waals surface area contributed by atoms with Crippen molar-refractivity contribution >= 4 is 31.5 Å². The van der Waals surface area contributed by atoms with Crippen molar-refractivity contribution in [2.24, 2.45) is 17.8 Å². The van der Waals surface area contributed by atoms with E-state index in [4.69, 9.17) is 15.0 Å². The molecule has 0 aliphatic heterocycles. The molecule has 0 radical (unpaired) electrons. The molecule has 6 aromatic carbocycles. The van der Waals surface area contributed by atoms with Crippen LogP contribution in [0.1, 0.15) is 57.1 Å². The van der Waals surface area contributed by atoms with E-state index in [1.165, 1.54) is 53.1 Å². The van der Waals surface area contributed by atoms with E-state index in [0.717, 1.165) is 61.4 Å². The number of aromatic nitrogens is 3. The third-order valence-electron chi connectivity index (χ3n) is 12.3. The fourth-order valence-electron chi connectivity index (χ4n) is 10.2. The van der Waals surface area contributed by atoms with Gasteiger partial charge in [-0.1, -0.05) is 129 Å². The van der Waals surface area contributed by atoms with Gasteiger partial charge in [-0.05, 0) is 107 Å². The number of nitriles is 1. The predicted molar refractivity (Wildman–Crippen MR) is 231 cm³/mol. The first kappa shape index (κ1) is 34.5. The summed E-state index contributed by atoms with van der Waals surface area (Å²) >= 11 is 1.73. The summed E-state index contributed by atoms with van der Waals surface area (Å²) in [5.74, 6) is 4.35. The number of thiophene rings is 1. The van der Waals surface area contributed by atoms with E-state index in [1.807, 2.05) is 18.2 Å². The van der Waals surface area contributed by atoms with Gasteiger partial charge in [0.25, 0.3) is 0 Å². The van der Waals surface area contributed by atoms with Gasteiger partial charge in [-0.25, -0.2) is 15.0 Å². The van der Waals surface area contributed by atoms with E-state index in [2.05, 4.69) is 141 Å². The van der Waals surface area contributed by atoms with Gasteiger partial charge in [-0.15, -0.1) is 11.3 Å². The third-order valence-corrected chi connectivity index (χ3v) is 13.4. The molecule has 272 valence electrons. The van der Waals surface area contributed by atoms with Gasteiger partial charge >= 0.3 is 0 Å². The Labute approximate surface area is 332 Å². The minimum absolute atomic E-state index is 0.265. The largest absolute Gasteiger partial charge is 0.208 e. The molecular weight excluding hydrogens is 701 g/mol. The van der Waals surface area contributed by atoms with Crippen molar-refractivity contribution in [3.8, 4) is 62.5 Å². The third kappa shape index (κ3) is 6.29. The van der Waals surface area contributed by atoms with Crippen molar-refractivity contribution in [2.75, 3.05) is 0 Å². The Balaban J connectivity index is 1.08. The van der Waals surface area contributed by atoms with Gasteiger partial charge in [0.15, 0.2) is 17.5 Å². The Morgan fingerprint density at radius 2 is 1.12 bits per heavy atom. The summed E-state index contributed by atoms with van der Waals surface area (Å²) in [6, 6.07) is 51.6. The average Bonchev–Trinajstić information content (AvgIpc) is 3.60. The molecule has 2 fully saturated rings.